The summed E-state index contributed by atoms with van der Waals surface area (Å²) in [6.07, 6.45) is 2.19. The Balaban J connectivity index is 1.56. The quantitative estimate of drug-likeness (QED) is 0.550. The van der Waals surface area contributed by atoms with Crippen LogP contribution in [0.15, 0.2) is 48.8 Å². The predicted molar refractivity (Wildman–Crippen MR) is 114 cm³/mol. The van der Waals surface area contributed by atoms with Gasteiger partial charge in [-0.2, -0.15) is 5.10 Å². The molecule has 0 unspecified atom stereocenters. The van der Waals surface area contributed by atoms with Crippen LogP contribution >= 0.6 is 15.9 Å². The molecule has 0 saturated carbocycles. The predicted octanol–water partition coefficient (Wildman–Crippen LogP) is 4.37. The van der Waals surface area contributed by atoms with Gasteiger partial charge in [0.25, 0.3) is 11.8 Å². The van der Waals surface area contributed by atoms with Crippen molar-refractivity contribution < 1.29 is 18.5 Å². The molecule has 30 heavy (non-hydrogen) atoms. The van der Waals surface area contributed by atoms with Crippen molar-refractivity contribution in [2.24, 2.45) is 5.10 Å². The Morgan fingerprint density at radius 1 is 1.13 bits per heavy atom. The normalized spacial score (nSPS) is 14.4. The first-order valence-corrected chi connectivity index (χ1v) is 10.2. The number of benzene rings is 1. The number of nitrogens with zero attached hydrogens (tertiary/aromatic N) is 2. The average molecular weight is 471 g/mol. The summed E-state index contributed by atoms with van der Waals surface area (Å²) in [5.74, 6) is 1.10. The molecule has 0 aliphatic heterocycles. The van der Waals surface area contributed by atoms with E-state index in [1.807, 2.05) is 6.92 Å². The molecule has 8 nitrogen and oxygen atoms in total. The smallest absolute Gasteiger partial charge is 0.292 e. The summed E-state index contributed by atoms with van der Waals surface area (Å²) in [6.45, 7) is 3.55. The third-order valence-corrected chi connectivity index (χ3v) is 5.33. The summed E-state index contributed by atoms with van der Waals surface area (Å²) >= 11 is 3.35. The number of carbonyl (C=O) groups excluding carboxylic acids is 2. The number of fused-ring (bicyclic) bond motifs is 1. The van der Waals surface area contributed by atoms with E-state index in [4.69, 9.17) is 8.94 Å². The Bertz CT molecular complexity index is 1140. The van der Waals surface area contributed by atoms with Gasteiger partial charge in [-0.05, 0) is 51.0 Å². The number of halogens is 1. The number of carbonyl (C=O) groups is 2. The minimum absolute atomic E-state index is 0.203. The average Bonchev–Trinajstić information content (AvgIpc) is 3.29. The van der Waals surface area contributed by atoms with E-state index < -0.39 is 5.91 Å². The van der Waals surface area contributed by atoms with E-state index >= 15 is 0 Å². The van der Waals surface area contributed by atoms with Gasteiger partial charge in [-0.15, -0.1) is 0 Å². The lowest BCUT2D eigenvalue weighted by Gasteiger charge is -2.13. The van der Waals surface area contributed by atoms with Gasteiger partial charge in [0.2, 0.25) is 0 Å². The Kier molecular flexibility index (Phi) is 5.54. The molecule has 2 N–H and O–H groups in total. The third kappa shape index (κ3) is 4.06. The van der Waals surface area contributed by atoms with Crippen molar-refractivity contribution in [1.29, 1.82) is 0 Å². The summed E-state index contributed by atoms with van der Waals surface area (Å²) in [6, 6.07) is 8.64. The number of nitrogens with one attached hydrogen (secondary N) is 2. The lowest BCUT2D eigenvalue weighted by molar-refractivity contribution is 0.0953. The van der Waals surface area contributed by atoms with Crippen LogP contribution in [0.5, 0.6) is 0 Å². The number of furan rings is 1. The molecule has 2 amide bonds. The highest BCUT2D eigenvalue weighted by atomic mass is 79.9. The van der Waals surface area contributed by atoms with Gasteiger partial charge >= 0.3 is 0 Å². The molecular formula is C21H19BrN4O4. The van der Waals surface area contributed by atoms with Gasteiger partial charge < -0.3 is 14.3 Å². The van der Waals surface area contributed by atoms with Gasteiger partial charge in [0.1, 0.15) is 11.5 Å². The van der Waals surface area contributed by atoms with Crippen molar-refractivity contribution in [1.82, 2.24) is 10.6 Å². The number of anilines is 1. The zero-order chi connectivity index (χ0) is 21.3. The van der Waals surface area contributed by atoms with Crippen LogP contribution in [0.2, 0.25) is 0 Å². The van der Waals surface area contributed by atoms with Crippen LogP contribution in [0.25, 0.3) is 0 Å². The van der Waals surface area contributed by atoms with Gasteiger partial charge in [-0.25, -0.2) is 5.43 Å². The van der Waals surface area contributed by atoms with Crippen molar-refractivity contribution in [3.63, 3.8) is 0 Å². The van der Waals surface area contributed by atoms with Crippen molar-refractivity contribution >= 4 is 39.3 Å². The zero-order valence-corrected chi connectivity index (χ0v) is 18.0. The molecule has 0 atom stereocenters. The Morgan fingerprint density at radius 3 is 2.60 bits per heavy atom. The van der Waals surface area contributed by atoms with Gasteiger partial charge in [0.05, 0.1) is 5.71 Å². The molecule has 154 valence electrons. The van der Waals surface area contributed by atoms with Crippen LogP contribution in [0.1, 0.15) is 56.4 Å². The highest BCUT2D eigenvalue weighted by molar-refractivity contribution is 9.10. The second-order valence-electron chi connectivity index (χ2n) is 6.99. The van der Waals surface area contributed by atoms with Crippen LogP contribution in [0, 0.1) is 13.8 Å². The SMILES string of the molecule is Cc1cc(NC(=O)c2oc3c(c2C)/C(=N/NC(=O)c2ccc(Br)cc2)CCC3)no1. The Labute approximate surface area is 180 Å². The first kappa shape index (κ1) is 20.1. The standard InChI is InChI=1S/C21H19BrN4O4/c1-11-10-17(26-30-11)23-21(28)19-12(2)18-15(4-3-5-16(18)29-19)24-25-20(27)13-6-8-14(22)9-7-13/h6-10H,3-5H2,1-2H3,(H,25,27)(H,23,26,28)/b24-15+. The topological polar surface area (TPSA) is 110 Å². The molecule has 0 spiro atoms. The van der Waals surface area contributed by atoms with E-state index in [1.54, 1.807) is 37.3 Å². The summed E-state index contributed by atoms with van der Waals surface area (Å²) in [4.78, 5) is 25.0. The number of hydrogen-bond donors (Lipinski definition) is 2. The molecule has 0 bridgehead atoms. The van der Waals surface area contributed by atoms with Gasteiger partial charge in [0, 0.05) is 33.7 Å². The highest BCUT2D eigenvalue weighted by Crippen LogP contribution is 2.30. The molecule has 1 aliphatic carbocycles. The highest BCUT2D eigenvalue weighted by Gasteiger charge is 2.28. The second kappa shape index (κ2) is 8.27. The molecule has 9 heteroatoms. The summed E-state index contributed by atoms with van der Waals surface area (Å²) in [5.41, 5.74) is 5.26. The Morgan fingerprint density at radius 2 is 1.90 bits per heavy atom. The van der Waals surface area contributed by atoms with E-state index in [9.17, 15) is 9.59 Å². The summed E-state index contributed by atoms with van der Waals surface area (Å²) in [7, 11) is 0. The van der Waals surface area contributed by atoms with Gasteiger partial charge in [-0.1, -0.05) is 21.1 Å². The van der Waals surface area contributed by atoms with E-state index in [1.165, 1.54) is 0 Å². The molecular weight excluding hydrogens is 452 g/mol. The van der Waals surface area contributed by atoms with Crippen LogP contribution in [-0.4, -0.2) is 22.7 Å². The number of hydrogen-bond acceptors (Lipinski definition) is 6. The molecule has 1 aliphatic rings. The Hall–Kier alpha value is -3.20. The van der Waals surface area contributed by atoms with Gasteiger partial charge in [-0.3, -0.25) is 9.59 Å². The minimum atomic E-state index is -0.409. The largest absolute Gasteiger partial charge is 0.455 e. The molecule has 4 rings (SSSR count). The van der Waals surface area contributed by atoms with Crippen molar-refractivity contribution in [3.05, 3.63) is 68.8 Å². The first-order valence-electron chi connectivity index (χ1n) is 9.42. The van der Waals surface area contributed by atoms with Crippen LogP contribution in [0.3, 0.4) is 0 Å². The maximum atomic E-state index is 12.6. The van der Waals surface area contributed by atoms with Crippen molar-refractivity contribution in [3.8, 4) is 0 Å². The molecule has 1 aromatic carbocycles. The lowest BCUT2D eigenvalue weighted by Crippen LogP contribution is -2.22. The fraction of sp³-hybridized carbons (Fsp3) is 0.238. The number of aryl methyl sites for hydroxylation is 2. The van der Waals surface area contributed by atoms with Crippen LogP contribution in [0.4, 0.5) is 5.82 Å². The van der Waals surface area contributed by atoms with Crippen molar-refractivity contribution in [2.45, 2.75) is 33.1 Å². The molecule has 0 radical (unpaired) electrons. The lowest BCUT2D eigenvalue weighted by atomic mass is 9.93. The second-order valence-corrected chi connectivity index (χ2v) is 7.91. The minimum Gasteiger partial charge on any atom is -0.455 e. The molecule has 0 saturated heterocycles. The maximum absolute atomic E-state index is 12.6. The molecule has 3 aromatic rings. The fourth-order valence-corrected chi connectivity index (χ4v) is 3.64. The number of rotatable bonds is 4. The van der Waals surface area contributed by atoms with Gasteiger partial charge in [0.15, 0.2) is 11.6 Å². The number of amides is 2. The van der Waals surface area contributed by atoms with Crippen LogP contribution in [-0.2, 0) is 6.42 Å². The molecule has 2 aromatic heterocycles. The van der Waals surface area contributed by atoms with E-state index in [2.05, 4.69) is 36.9 Å². The summed E-state index contributed by atoms with van der Waals surface area (Å²) < 4.78 is 11.7. The zero-order valence-electron chi connectivity index (χ0n) is 16.4. The van der Waals surface area contributed by atoms with Crippen LogP contribution < -0.4 is 10.7 Å². The monoisotopic (exact) mass is 470 g/mol. The van der Waals surface area contributed by atoms with E-state index in [0.29, 0.717) is 47.0 Å². The molecule has 2 heterocycles. The van der Waals surface area contributed by atoms with E-state index in [0.717, 1.165) is 16.5 Å². The maximum Gasteiger partial charge on any atom is 0.292 e. The van der Waals surface area contributed by atoms with Crippen molar-refractivity contribution in [2.75, 3.05) is 5.32 Å². The number of hydrazone groups is 1. The summed E-state index contributed by atoms with van der Waals surface area (Å²) in [5, 5.41) is 10.8. The number of aromatic nitrogens is 1. The molecule has 0 fully saturated rings. The first-order chi connectivity index (χ1) is 14.4. The van der Waals surface area contributed by atoms with E-state index in [-0.39, 0.29) is 11.7 Å². The third-order valence-electron chi connectivity index (χ3n) is 4.80. The fourth-order valence-electron chi connectivity index (χ4n) is 3.38.